The van der Waals surface area contributed by atoms with Crippen LogP contribution in [0.25, 0.3) is 16.8 Å². The molecular weight excluding hydrogens is 418 g/mol. The third-order valence-electron chi connectivity index (χ3n) is 7.18. The molecule has 2 atom stereocenters. The lowest BCUT2D eigenvalue weighted by atomic mass is 9.98. The molecule has 1 saturated carbocycles. The van der Waals surface area contributed by atoms with Crippen LogP contribution in [-0.2, 0) is 4.74 Å². The fraction of sp³-hybridized carbons (Fsp3) is 0.500. The summed E-state index contributed by atoms with van der Waals surface area (Å²) in [5.74, 6) is 1.69. The normalized spacial score (nSPS) is 20.6. The molecule has 2 unspecified atom stereocenters. The minimum Gasteiger partial charge on any atom is -0.497 e. The van der Waals surface area contributed by atoms with Crippen molar-refractivity contribution in [3.8, 4) is 17.0 Å². The van der Waals surface area contributed by atoms with Crippen molar-refractivity contribution in [1.82, 2.24) is 14.1 Å². The lowest BCUT2D eigenvalue weighted by Gasteiger charge is -2.38. The molecule has 2 fully saturated rings. The number of aryl methyl sites for hydroxylation is 2. The van der Waals surface area contributed by atoms with Crippen molar-refractivity contribution in [2.75, 3.05) is 33.6 Å². The summed E-state index contributed by atoms with van der Waals surface area (Å²) >= 11 is 1.75. The monoisotopic (exact) mass is 452 g/mol. The summed E-state index contributed by atoms with van der Waals surface area (Å²) < 4.78 is 14.8. The predicted molar refractivity (Wildman–Crippen MR) is 133 cm³/mol. The molecule has 1 aliphatic heterocycles. The standard InChI is InChI=1S/C26H34N3O2S/c1-17-14-20(30-4)15-18(2)24(17)21-8-6-9-22-25(26(32-5)27-28(21)22)29(3,16-19-11-12-19)23-10-7-13-31-23/h6,8-9,14-15,19,23H,7,10-13,16H2,1-5H3/q+1. The zero-order valence-corrected chi connectivity index (χ0v) is 20.7. The minimum absolute atomic E-state index is 0.211. The van der Waals surface area contributed by atoms with Gasteiger partial charge in [-0.15, -0.1) is 11.8 Å². The smallest absolute Gasteiger partial charge is 0.197 e. The summed E-state index contributed by atoms with van der Waals surface area (Å²) in [4.78, 5) is 0. The fourth-order valence-electron chi connectivity index (χ4n) is 5.49. The average molecular weight is 453 g/mol. The van der Waals surface area contributed by atoms with Crippen LogP contribution in [0.15, 0.2) is 35.4 Å². The quantitative estimate of drug-likeness (QED) is 0.334. The highest BCUT2D eigenvalue weighted by Gasteiger charge is 2.46. The molecule has 1 aromatic carbocycles. The number of aromatic nitrogens is 2. The Morgan fingerprint density at radius 1 is 1.19 bits per heavy atom. The second-order valence-corrected chi connectivity index (χ2v) is 10.4. The molecule has 0 spiro atoms. The molecule has 5 rings (SSSR count). The number of quaternary nitrogens is 1. The first kappa shape index (κ1) is 21.8. The Balaban J connectivity index is 1.72. The zero-order chi connectivity index (χ0) is 22.5. The van der Waals surface area contributed by atoms with E-state index in [0.29, 0.717) is 0 Å². The van der Waals surface area contributed by atoms with Crippen molar-refractivity contribution in [1.29, 1.82) is 0 Å². The van der Waals surface area contributed by atoms with Gasteiger partial charge in [0, 0.05) is 17.9 Å². The van der Waals surface area contributed by atoms with E-state index in [4.69, 9.17) is 14.6 Å². The minimum atomic E-state index is 0.211. The number of hydrogen-bond acceptors (Lipinski definition) is 4. The van der Waals surface area contributed by atoms with Crippen LogP contribution in [0.1, 0.15) is 36.8 Å². The number of nitrogens with zero attached hydrogens (tertiary/aromatic N) is 3. The molecule has 170 valence electrons. The van der Waals surface area contributed by atoms with Crippen molar-refractivity contribution in [3.05, 3.63) is 41.5 Å². The van der Waals surface area contributed by atoms with E-state index in [1.165, 1.54) is 40.7 Å². The van der Waals surface area contributed by atoms with Crippen LogP contribution in [0.3, 0.4) is 0 Å². The van der Waals surface area contributed by atoms with Crippen LogP contribution in [0, 0.1) is 19.8 Å². The highest BCUT2D eigenvalue weighted by atomic mass is 32.2. The van der Waals surface area contributed by atoms with E-state index in [1.54, 1.807) is 18.9 Å². The number of rotatable bonds is 7. The van der Waals surface area contributed by atoms with Gasteiger partial charge < -0.3 is 9.47 Å². The molecule has 32 heavy (non-hydrogen) atoms. The third kappa shape index (κ3) is 3.62. The van der Waals surface area contributed by atoms with Gasteiger partial charge in [-0.05, 0) is 74.8 Å². The predicted octanol–water partition coefficient (Wildman–Crippen LogP) is 5.83. The van der Waals surface area contributed by atoms with Gasteiger partial charge in [-0.3, -0.25) is 4.48 Å². The molecule has 3 aromatic rings. The van der Waals surface area contributed by atoms with Crippen molar-refractivity contribution >= 4 is 23.0 Å². The highest BCUT2D eigenvalue weighted by Crippen LogP contribution is 2.45. The summed E-state index contributed by atoms with van der Waals surface area (Å²) in [5, 5.41) is 6.29. The molecule has 0 bridgehead atoms. The van der Waals surface area contributed by atoms with E-state index < -0.39 is 0 Å². The maximum atomic E-state index is 6.31. The Bertz CT molecular complexity index is 1120. The van der Waals surface area contributed by atoms with E-state index in [9.17, 15) is 0 Å². The summed E-state index contributed by atoms with van der Waals surface area (Å²) in [5.41, 5.74) is 7.28. The van der Waals surface area contributed by atoms with Crippen LogP contribution < -0.4 is 9.22 Å². The molecular formula is C26H34N3O2S+. The SMILES string of the molecule is COc1cc(C)c(-c2cccc3c([N+](C)(CC4CC4)C4CCCO4)c(SC)nn23)c(C)c1. The van der Waals surface area contributed by atoms with Crippen LogP contribution in [0.5, 0.6) is 5.75 Å². The van der Waals surface area contributed by atoms with E-state index >= 15 is 0 Å². The molecule has 1 saturated heterocycles. The Morgan fingerprint density at radius 2 is 1.94 bits per heavy atom. The largest absolute Gasteiger partial charge is 0.497 e. The molecule has 3 heterocycles. The summed E-state index contributed by atoms with van der Waals surface area (Å²) in [6, 6.07) is 10.8. The number of benzene rings is 1. The van der Waals surface area contributed by atoms with Crippen molar-refractivity contribution in [2.24, 2.45) is 5.92 Å². The van der Waals surface area contributed by atoms with E-state index in [0.717, 1.165) is 52.9 Å². The summed E-state index contributed by atoms with van der Waals surface area (Å²) in [6.07, 6.45) is 7.29. The topological polar surface area (TPSA) is 35.8 Å². The molecule has 0 radical (unpaired) electrons. The number of hydrogen-bond donors (Lipinski definition) is 0. The van der Waals surface area contributed by atoms with Crippen LogP contribution in [0.4, 0.5) is 5.69 Å². The molecule has 0 N–H and O–H groups in total. The molecule has 2 aromatic heterocycles. The van der Waals surface area contributed by atoms with Gasteiger partial charge in [0.1, 0.15) is 11.3 Å². The maximum absolute atomic E-state index is 6.31. The highest BCUT2D eigenvalue weighted by molar-refractivity contribution is 7.98. The molecule has 6 heteroatoms. The number of fused-ring (bicyclic) bond motifs is 1. The maximum Gasteiger partial charge on any atom is 0.197 e. The zero-order valence-electron chi connectivity index (χ0n) is 19.9. The molecule has 2 aliphatic rings. The number of methoxy groups -OCH3 is 1. The fourth-order valence-corrected chi connectivity index (χ4v) is 6.16. The lowest BCUT2D eigenvalue weighted by molar-refractivity contribution is -0.00329. The van der Waals surface area contributed by atoms with Crippen molar-refractivity contribution < 1.29 is 9.47 Å². The van der Waals surface area contributed by atoms with Crippen molar-refractivity contribution in [2.45, 2.75) is 50.8 Å². The van der Waals surface area contributed by atoms with Gasteiger partial charge in [0.05, 0.1) is 33.0 Å². The van der Waals surface area contributed by atoms with Gasteiger partial charge in [0.15, 0.2) is 16.9 Å². The number of pyridine rings is 1. The first-order valence-electron chi connectivity index (χ1n) is 11.6. The van der Waals surface area contributed by atoms with E-state index in [-0.39, 0.29) is 6.23 Å². The second-order valence-electron chi connectivity index (χ2n) is 9.56. The second kappa shape index (κ2) is 8.40. The molecule has 1 aliphatic carbocycles. The Hall–Kier alpha value is -2.02. The summed E-state index contributed by atoms with van der Waals surface area (Å²) in [7, 11) is 4.10. The molecule has 0 amide bonds. The van der Waals surface area contributed by atoms with Gasteiger partial charge in [-0.1, -0.05) is 6.07 Å². The van der Waals surface area contributed by atoms with Gasteiger partial charge in [-0.2, -0.15) is 5.10 Å². The van der Waals surface area contributed by atoms with Crippen molar-refractivity contribution in [3.63, 3.8) is 0 Å². The van der Waals surface area contributed by atoms with Gasteiger partial charge in [0.25, 0.3) is 0 Å². The first-order valence-corrected chi connectivity index (χ1v) is 12.9. The first-order chi connectivity index (χ1) is 15.5. The van der Waals surface area contributed by atoms with Gasteiger partial charge in [-0.25, -0.2) is 4.52 Å². The van der Waals surface area contributed by atoms with Gasteiger partial charge >= 0.3 is 0 Å². The van der Waals surface area contributed by atoms with Crippen LogP contribution in [-0.4, -0.2) is 49.4 Å². The summed E-state index contributed by atoms with van der Waals surface area (Å²) in [6.45, 7) is 6.31. The van der Waals surface area contributed by atoms with Crippen LogP contribution >= 0.6 is 11.8 Å². The molecule has 5 nitrogen and oxygen atoms in total. The van der Waals surface area contributed by atoms with E-state index in [1.807, 2.05) is 0 Å². The number of thioether (sulfide) groups is 1. The third-order valence-corrected chi connectivity index (χ3v) is 7.84. The van der Waals surface area contributed by atoms with E-state index in [2.05, 4.69) is 62.0 Å². The Labute approximate surface area is 195 Å². The Kier molecular flexibility index (Phi) is 5.72. The lowest BCUT2D eigenvalue weighted by Crippen LogP contribution is -2.54. The Morgan fingerprint density at radius 3 is 2.53 bits per heavy atom. The average Bonchev–Trinajstić information content (AvgIpc) is 3.27. The van der Waals surface area contributed by atoms with Crippen LogP contribution in [0.2, 0.25) is 0 Å². The number of ether oxygens (including phenoxy) is 2. The van der Waals surface area contributed by atoms with Gasteiger partial charge in [0.2, 0.25) is 0 Å².